The number of allylic oxidation sites excluding steroid dienone is 2. The second-order valence-electron chi connectivity index (χ2n) is 6.89. The second kappa shape index (κ2) is 10.9. The van der Waals surface area contributed by atoms with Gasteiger partial charge in [-0.2, -0.15) is 13.2 Å². The number of hydrogen-bond acceptors (Lipinski definition) is 4. The van der Waals surface area contributed by atoms with Crippen LogP contribution in [0.2, 0.25) is 0 Å². The zero-order valence-electron chi connectivity index (χ0n) is 16.0. The van der Waals surface area contributed by atoms with Crippen molar-refractivity contribution < 1.29 is 18.0 Å². The van der Waals surface area contributed by atoms with Crippen molar-refractivity contribution in [2.45, 2.75) is 64.1 Å². The number of nitrogens with zero attached hydrogens (tertiary/aromatic N) is 3. The zero-order valence-corrected chi connectivity index (χ0v) is 16.0. The van der Waals surface area contributed by atoms with E-state index >= 15 is 0 Å². The van der Waals surface area contributed by atoms with Crippen LogP contribution in [-0.4, -0.2) is 40.4 Å². The zero-order chi connectivity index (χ0) is 20.4. The number of imidazole rings is 1. The van der Waals surface area contributed by atoms with Crippen molar-refractivity contribution in [1.29, 1.82) is 0 Å². The highest BCUT2D eigenvalue weighted by atomic mass is 19.4. The molecule has 1 heterocycles. The molecule has 0 aromatic carbocycles. The van der Waals surface area contributed by atoms with Crippen LogP contribution in [0.5, 0.6) is 0 Å². The lowest BCUT2D eigenvalue weighted by Crippen LogP contribution is -2.26. The molecule has 1 amide bonds. The predicted molar refractivity (Wildman–Crippen MR) is 102 cm³/mol. The van der Waals surface area contributed by atoms with Gasteiger partial charge in [-0.15, -0.1) is 0 Å². The maximum Gasteiger partial charge on any atom is 0.431 e. The molecule has 2 rings (SSSR count). The number of alkyl halides is 3. The van der Waals surface area contributed by atoms with E-state index in [1.165, 1.54) is 0 Å². The Labute approximate surface area is 163 Å². The number of unbranched alkanes of at least 4 members (excludes halogenated alkanes) is 1. The minimum absolute atomic E-state index is 0.0159. The van der Waals surface area contributed by atoms with E-state index in [9.17, 15) is 18.0 Å². The van der Waals surface area contributed by atoms with Crippen LogP contribution in [0.3, 0.4) is 0 Å². The summed E-state index contributed by atoms with van der Waals surface area (Å²) in [7, 11) is 0. The number of aryl methyl sites for hydroxylation is 1. The van der Waals surface area contributed by atoms with Crippen LogP contribution in [0.4, 0.5) is 13.2 Å². The molecule has 1 aliphatic carbocycles. The van der Waals surface area contributed by atoms with Crippen molar-refractivity contribution >= 4 is 11.6 Å². The van der Waals surface area contributed by atoms with E-state index in [4.69, 9.17) is 5.73 Å². The molecule has 0 radical (unpaired) electrons. The molecule has 1 fully saturated rings. The Hall–Kier alpha value is -2.32. The largest absolute Gasteiger partial charge is 0.431 e. The fourth-order valence-corrected chi connectivity index (χ4v) is 3.13. The monoisotopic (exact) mass is 399 g/mol. The van der Waals surface area contributed by atoms with Gasteiger partial charge in [-0.1, -0.05) is 0 Å². The Balaban J connectivity index is 1.65. The molecular weight excluding hydrogens is 371 g/mol. The van der Waals surface area contributed by atoms with Gasteiger partial charge in [0, 0.05) is 49.7 Å². The fraction of sp³-hybridized carbons (Fsp3) is 0.632. The van der Waals surface area contributed by atoms with Gasteiger partial charge in [-0.3, -0.25) is 9.79 Å². The van der Waals surface area contributed by atoms with Gasteiger partial charge in [-0.25, -0.2) is 4.98 Å². The smallest absolute Gasteiger partial charge is 0.394 e. The molecule has 0 spiro atoms. The molecule has 0 bridgehead atoms. The van der Waals surface area contributed by atoms with Crippen molar-refractivity contribution in [3.05, 3.63) is 30.0 Å². The minimum Gasteiger partial charge on any atom is -0.394 e. The number of carbonyl (C=O) groups excluding carboxylic acids is 1. The van der Waals surface area contributed by atoms with E-state index in [1.807, 2.05) is 10.8 Å². The number of nitrogens with two attached hydrogens (primary N) is 1. The highest BCUT2D eigenvalue weighted by molar-refractivity contribution is 6.01. The van der Waals surface area contributed by atoms with Gasteiger partial charge in [0.2, 0.25) is 5.91 Å². The van der Waals surface area contributed by atoms with Crippen molar-refractivity contribution in [2.75, 3.05) is 13.1 Å². The summed E-state index contributed by atoms with van der Waals surface area (Å²) in [6.45, 7) is 1.82. The molecule has 0 aliphatic heterocycles. The third kappa shape index (κ3) is 7.36. The molecule has 6 nitrogen and oxygen atoms in total. The van der Waals surface area contributed by atoms with E-state index in [0.29, 0.717) is 57.3 Å². The van der Waals surface area contributed by atoms with Crippen LogP contribution in [0, 0.1) is 0 Å². The molecule has 156 valence electrons. The number of hydrogen-bond donors (Lipinski definition) is 2. The van der Waals surface area contributed by atoms with Crippen LogP contribution in [0.15, 0.2) is 35.0 Å². The number of aliphatic imine (C=N–C) groups is 1. The Morgan fingerprint density at radius 3 is 2.75 bits per heavy atom. The van der Waals surface area contributed by atoms with Gasteiger partial charge < -0.3 is 15.6 Å². The van der Waals surface area contributed by atoms with Crippen molar-refractivity contribution in [2.24, 2.45) is 10.7 Å². The van der Waals surface area contributed by atoms with Crippen LogP contribution in [-0.2, 0) is 11.3 Å². The van der Waals surface area contributed by atoms with E-state index in [0.717, 1.165) is 19.4 Å². The average molecular weight is 399 g/mol. The maximum atomic E-state index is 12.9. The third-order valence-corrected chi connectivity index (χ3v) is 4.66. The van der Waals surface area contributed by atoms with Gasteiger partial charge in [-0.05, 0) is 44.9 Å². The van der Waals surface area contributed by atoms with Gasteiger partial charge in [0.15, 0.2) is 0 Å². The standard InChI is InChI=1S/C19H28F3N5O/c20-19(21,22)18(23)15-6-1-2-7-16(15)25-9-4-3-8-17(28)26-10-5-12-27-13-11-24-14-27/h11,13-14H,1-10,12,23H2,(H,26,28). The highest BCUT2D eigenvalue weighted by Gasteiger charge is 2.35. The summed E-state index contributed by atoms with van der Waals surface area (Å²) < 4.78 is 40.5. The first-order chi connectivity index (χ1) is 13.4. The number of amides is 1. The molecule has 28 heavy (non-hydrogen) atoms. The number of nitrogens with one attached hydrogen (secondary N) is 1. The van der Waals surface area contributed by atoms with Gasteiger partial charge in [0.1, 0.15) is 5.70 Å². The van der Waals surface area contributed by atoms with Crippen molar-refractivity contribution in [3.63, 3.8) is 0 Å². The van der Waals surface area contributed by atoms with Crippen LogP contribution >= 0.6 is 0 Å². The lowest BCUT2D eigenvalue weighted by Gasteiger charge is -2.20. The minimum atomic E-state index is -4.51. The first kappa shape index (κ1) is 22.0. The number of carbonyl (C=O) groups is 1. The molecule has 9 heteroatoms. The van der Waals surface area contributed by atoms with Gasteiger partial charge >= 0.3 is 6.18 Å². The van der Waals surface area contributed by atoms with Crippen LogP contribution in [0.25, 0.3) is 0 Å². The van der Waals surface area contributed by atoms with Gasteiger partial charge in [0.05, 0.1) is 6.33 Å². The van der Waals surface area contributed by atoms with Crippen molar-refractivity contribution in [1.82, 2.24) is 14.9 Å². The molecule has 0 saturated heterocycles. The normalized spacial score (nSPS) is 18.3. The average Bonchev–Trinajstić information content (AvgIpc) is 3.17. The first-order valence-corrected chi connectivity index (χ1v) is 9.70. The molecular formula is C19H28F3N5O. The molecule has 0 unspecified atom stereocenters. The summed E-state index contributed by atoms with van der Waals surface area (Å²) in [6, 6.07) is 0. The maximum absolute atomic E-state index is 12.9. The third-order valence-electron chi connectivity index (χ3n) is 4.66. The summed E-state index contributed by atoms with van der Waals surface area (Å²) in [5, 5.41) is 2.87. The molecule has 1 aliphatic rings. The summed E-state index contributed by atoms with van der Waals surface area (Å²) in [5.74, 6) is -0.0159. The summed E-state index contributed by atoms with van der Waals surface area (Å²) in [5.41, 5.74) is 4.90. The van der Waals surface area contributed by atoms with E-state index in [-0.39, 0.29) is 11.5 Å². The molecule has 0 atom stereocenters. The molecule has 1 saturated carbocycles. The predicted octanol–water partition coefficient (Wildman–Crippen LogP) is 3.35. The number of halogens is 3. The van der Waals surface area contributed by atoms with E-state index in [2.05, 4.69) is 15.3 Å². The topological polar surface area (TPSA) is 85.3 Å². The highest BCUT2D eigenvalue weighted by Crippen LogP contribution is 2.30. The lowest BCUT2D eigenvalue weighted by molar-refractivity contribution is -0.121. The van der Waals surface area contributed by atoms with E-state index < -0.39 is 11.9 Å². The number of aromatic nitrogens is 2. The van der Waals surface area contributed by atoms with Gasteiger partial charge in [0.25, 0.3) is 0 Å². The quantitative estimate of drug-likeness (QED) is 0.625. The molecule has 3 N–H and O–H groups in total. The number of rotatable bonds is 9. The SMILES string of the molecule is NC(=C1CCCCC1=NCCCCC(=O)NCCCn1ccnc1)C(F)(F)F. The summed E-state index contributed by atoms with van der Waals surface area (Å²) >= 11 is 0. The van der Waals surface area contributed by atoms with Crippen molar-refractivity contribution in [3.8, 4) is 0 Å². The van der Waals surface area contributed by atoms with Crippen LogP contribution < -0.4 is 11.1 Å². The Morgan fingerprint density at radius 1 is 1.25 bits per heavy atom. The molecule has 1 aromatic rings. The Bertz CT molecular complexity index is 680. The summed E-state index contributed by atoms with van der Waals surface area (Å²) in [4.78, 5) is 20.1. The van der Waals surface area contributed by atoms with E-state index in [1.54, 1.807) is 12.5 Å². The fourth-order valence-electron chi connectivity index (χ4n) is 3.13. The molecule has 1 aromatic heterocycles. The Kier molecular flexibility index (Phi) is 8.53. The lowest BCUT2D eigenvalue weighted by atomic mass is 9.91. The second-order valence-corrected chi connectivity index (χ2v) is 6.89. The van der Waals surface area contributed by atoms with Crippen LogP contribution in [0.1, 0.15) is 51.4 Å². The first-order valence-electron chi connectivity index (χ1n) is 9.70. The summed E-state index contributed by atoms with van der Waals surface area (Å²) in [6.07, 6.45) is 5.72. The Morgan fingerprint density at radius 2 is 2.04 bits per heavy atom.